The molecule has 0 bridgehead atoms. The van der Waals surface area contributed by atoms with Gasteiger partial charge in [0, 0.05) is 11.1 Å². The van der Waals surface area contributed by atoms with Crippen LogP contribution in [0.4, 0.5) is 0 Å². The number of ether oxygens (including phenoxy) is 2. The molecule has 2 rings (SSSR count). The van der Waals surface area contributed by atoms with Crippen LogP contribution in [0.15, 0.2) is 60.3 Å². The number of benzene rings is 2. The molecule has 0 atom stereocenters. The van der Waals surface area contributed by atoms with Crippen LogP contribution in [0, 0.1) is 0 Å². The van der Waals surface area contributed by atoms with E-state index >= 15 is 0 Å². The van der Waals surface area contributed by atoms with Crippen LogP contribution < -0.4 is 9.47 Å². The Labute approximate surface area is 136 Å². The third-order valence-corrected chi connectivity index (χ3v) is 3.25. The summed E-state index contributed by atoms with van der Waals surface area (Å²) in [5.41, 5.74) is 2.78. The lowest BCUT2D eigenvalue weighted by molar-refractivity contribution is 0.267. The zero-order valence-electron chi connectivity index (χ0n) is 13.2. The molecule has 2 aromatic rings. The number of allylic oxidation sites excluding steroid dienone is 1. The Morgan fingerprint density at radius 3 is 2.61 bits per heavy atom. The molecule has 0 fully saturated rings. The molecule has 0 radical (unpaired) electrons. The molecule has 0 aliphatic carbocycles. The molecular formula is C19H21NO3. The lowest BCUT2D eigenvalue weighted by atomic mass is 10.1. The molecule has 1 N–H and O–H groups in total. The number of rotatable bonds is 8. The molecule has 0 saturated carbocycles. The smallest absolute Gasteiger partial charge is 0.165 e. The average Bonchev–Trinajstić information content (AvgIpc) is 2.56. The second-order valence-corrected chi connectivity index (χ2v) is 4.95. The van der Waals surface area contributed by atoms with E-state index in [-0.39, 0.29) is 0 Å². The third-order valence-electron chi connectivity index (χ3n) is 3.25. The van der Waals surface area contributed by atoms with Gasteiger partial charge in [0.25, 0.3) is 0 Å². The predicted octanol–water partition coefficient (Wildman–Crippen LogP) is 4.20. The number of hydrogen-bond acceptors (Lipinski definition) is 4. The first-order valence-electron chi connectivity index (χ1n) is 7.53. The van der Waals surface area contributed by atoms with E-state index in [1.165, 1.54) is 6.21 Å². The minimum Gasteiger partial charge on any atom is -0.490 e. The van der Waals surface area contributed by atoms with Crippen molar-refractivity contribution in [3.63, 3.8) is 0 Å². The lowest BCUT2D eigenvalue weighted by Gasteiger charge is -2.16. The summed E-state index contributed by atoms with van der Waals surface area (Å²) in [5.74, 6) is 1.34. The van der Waals surface area contributed by atoms with Gasteiger partial charge in [0.05, 0.1) is 12.8 Å². The molecule has 0 spiro atoms. The van der Waals surface area contributed by atoms with Gasteiger partial charge in [-0.15, -0.1) is 6.58 Å². The van der Waals surface area contributed by atoms with Gasteiger partial charge in [0.15, 0.2) is 11.5 Å². The average molecular weight is 311 g/mol. The minimum absolute atomic E-state index is 0.457. The van der Waals surface area contributed by atoms with Gasteiger partial charge >= 0.3 is 0 Å². The molecule has 0 amide bonds. The molecule has 0 aliphatic rings. The van der Waals surface area contributed by atoms with E-state index in [0.717, 1.165) is 16.7 Å². The van der Waals surface area contributed by atoms with E-state index in [9.17, 15) is 0 Å². The standard InChI is InChI=1S/C19H21NO3/c1-3-8-17-11-16(13-20-21)12-18(22-4-2)19(17)23-14-15-9-6-5-7-10-15/h3,5-7,9-13,21H,1,4,8,14H2,2H3/b20-13-. The summed E-state index contributed by atoms with van der Waals surface area (Å²) >= 11 is 0. The molecule has 0 aromatic heterocycles. The van der Waals surface area contributed by atoms with Crippen LogP contribution in [-0.2, 0) is 13.0 Å². The first kappa shape index (κ1) is 16.6. The van der Waals surface area contributed by atoms with Crippen molar-refractivity contribution in [3.05, 3.63) is 71.8 Å². The van der Waals surface area contributed by atoms with E-state index in [0.29, 0.717) is 31.1 Å². The van der Waals surface area contributed by atoms with Crippen LogP contribution >= 0.6 is 0 Å². The van der Waals surface area contributed by atoms with Crippen molar-refractivity contribution < 1.29 is 14.7 Å². The molecule has 2 aromatic carbocycles. The normalized spacial score (nSPS) is 10.7. The Kier molecular flexibility index (Phi) is 6.24. The van der Waals surface area contributed by atoms with Crippen LogP contribution in [0.3, 0.4) is 0 Å². The Morgan fingerprint density at radius 1 is 1.17 bits per heavy atom. The van der Waals surface area contributed by atoms with Crippen LogP contribution in [0.5, 0.6) is 11.5 Å². The van der Waals surface area contributed by atoms with Gasteiger partial charge in [-0.1, -0.05) is 41.6 Å². The fraction of sp³-hybridized carbons (Fsp3) is 0.211. The zero-order chi connectivity index (χ0) is 16.5. The van der Waals surface area contributed by atoms with Crippen molar-refractivity contribution in [1.29, 1.82) is 0 Å². The first-order valence-corrected chi connectivity index (χ1v) is 7.53. The summed E-state index contributed by atoms with van der Waals surface area (Å²) in [4.78, 5) is 0. The molecule has 23 heavy (non-hydrogen) atoms. The van der Waals surface area contributed by atoms with Crippen LogP contribution in [0.1, 0.15) is 23.6 Å². The molecular weight excluding hydrogens is 290 g/mol. The van der Waals surface area contributed by atoms with Crippen molar-refractivity contribution in [2.75, 3.05) is 6.61 Å². The largest absolute Gasteiger partial charge is 0.490 e. The predicted molar refractivity (Wildman–Crippen MR) is 91.7 cm³/mol. The summed E-state index contributed by atoms with van der Waals surface area (Å²) < 4.78 is 11.7. The zero-order valence-corrected chi connectivity index (χ0v) is 13.2. The minimum atomic E-state index is 0.457. The fourth-order valence-corrected chi connectivity index (χ4v) is 2.29. The maximum atomic E-state index is 8.76. The lowest BCUT2D eigenvalue weighted by Crippen LogP contribution is -2.04. The maximum Gasteiger partial charge on any atom is 0.165 e. The molecule has 0 aliphatic heterocycles. The Hall–Kier alpha value is -2.75. The summed E-state index contributed by atoms with van der Waals surface area (Å²) in [5, 5.41) is 11.8. The van der Waals surface area contributed by atoms with Gasteiger partial charge < -0.3 is 14.7 Å². The quantitative estimate of drug-likeness (QED) is 0.344. The van der Waals surface area contributed by atoms with E-state index in [2.05, 4.69) is 11.7 Å². The van der Waals surface area contributed by atoms with Crippen molar-refractivity contribution in [3.8, 4) is 11.5 Å². The van der Waals surface area contributed by atoms with E-state index < -0.39 is 0 Å². The first-order chi connectivity index (χ1) is 11.3. The number of oxime groups is 1. The van der Waals surface area contributed by atoms with E-state index in [4.69, 9.17) is 14.7 Å². The third kappa shape index (κ3) is 4.61. The van der Waals surface area contributed by atoms with Gasteiger partial charge in [0.2, 0.25) is 0 Å². The van der Waals surface area contributed by atoms with Gasteiger partial charge in [-0.25, -0.2) is 0 Å². The molecule has 4 heteroatoms. The Bertz CT molecular complexity index is 666. The van der Waals surface area contributed by atoms with Gasteiger partial charge in [-0.2, -0.15) is 0 Å². The second kappa shape index (κ2) is 8.63. The second-order valence-electron chi connectivity index (χ2n) is 4.95. The molecule has 0 unspecified atom stereocenters. The van der Waals surface area contributed by atoms with Crippen LogP contribution in [-0.4, -0.2) is 18.0 Å². The highest BCUT2D eigenvalue weighted by molar-refractivity contribution is 5.81. The van der Waals surface area contributed by atoms with Gasteiger partial charge in [-0.05, 0) is 31.0 Å². The van der Waals surface area contributed by atoms with Gasteiger partial charge in [0.1, 0.15) is 6.61 Å². The summed E-state index contributed by atoms with van der Waals surface area (Å²) in [6.45, 7) is 6.68. The van der Waals surface area contributed by atoms with Gasteiger partial charge in [-0.3, -0.25) is 0 Å². The monoisotopic (exact) mass is 311 g/mol. The summed E-state index contributed by atoms with van der Waals surface area (Å²) in [6.07, 6.45) is 3.81. The van der Waals surface area contributed by atoms with Crippen LogP contribution in [0.25, 0.3) is 0 Å². The highest BCUT2D eigenvalue weighted by atomic mass is 16.5. The number of nitrogens with zero attached hydrogens (tertiary/aromatic N) is 1. The Balaban J connectivity index is 2.34. The SMILES string of the molecule is C=CCc1cc(/C=N\O)cc(OCC)c1OCc1ccccc1. The van der Waals surface area contributed by atoms with Crippen molar-refractivity contribution >= 4 is 6.21 Å². The Morgan fingerprint density at radius 2 is 1.96 bits per heavy atom. The van der Waals surface area contributed by atoms with Crippen LogP contribution in [0.2, 0.25) is 0 Å². The highest BCUT2D eigenvalue weighted by Crippen LogP contribution is 2.34. The molecule has 120 valence electrons. The van der Waals surface area contributed by atoms with E-state index in [1.807, 2.05) is 43.3 Å². The molecule has 0 saturated heterocycles. The van der Waals surface area contributed by atoms with Crippen molar-refractivity contribution in [2.24, 2.45) is 5.16 Å². The molecule has 0 heterocycles. The topological polar surface area (TPSA) is 51.1 Å². The van der Waals surface area contributed by atoms with Crippen molar-refractivity contribution in [2.45, 2.75) is 20.0 Å². The highest BCUT2D eigenvalue weighted by Gasteiger charge is 2.13. The summed E-state index contributed by atoms with van der Waals surface area (Å²) in [7, 11) is 0. The number of hydrogen-bond donors (Lipinski definition) is 1. The summed E-state index contributed by atoms with van der Waals surface area (Å²) in [6, 6.07) is 13.7. The van der Waals surface area contributed by atoms with E-state index in [1.54, 1.807) is 12.1 Å². The fourth-order valence-electron chi connectivity index (χ4n) is 2.29. The maximum absolute atomic E-state index is 8.76. The van der Waals surface area contributed by atoms with Crippen molar-refractivity contribution in [1.82, 2.24) is 0 Å². The molecule has 4 nitrogen and oxygen atoms in total.